The largest absolute Gasteiger partial charge is 0.0745 e. The van der Waals surface area contributed by atoms with Crippen LogP contribution in [0.5, 0.6) is 0 Å². The zero-order valence-electron chi connectivity index (χ0n) is 9.17. The van der Waals surface area contributed by atoms with Crippen LogP contribution in [0.2, 0.25) is 0 Å². The van der Waals surface area contributed by atoms with E-state index in [1.54, 1.807) is 0 Å². The molecule has 0 aromatic rings. The van der Waals surface area contributed by atoms with Crippen molar-refractivity contribution in [2.24, 2.45) is 5.41 Å². The van der Waals surface area contributed by atoms with Gasteiger partial charge in [0, 0.05) is 5.41 Å². The third kappa shape index (κ3) is 2.50. The molecule has 0 aliphatic heterocycles. The van der Waals surface area contributed by atoms with Gasteiger partial charge in [-0.15, -0.1) is 0 Å². The molecule has 0 aromatic carbocycles. The smallest absolute Gasteiger partial charge is 0.00671 e. The van der Waals surface area contributed by atoms with E-state index in [1.807, 2.05) is 0 Å². The molecule has 0 aromatic heterocycles. The van der Waals surface area contributed by atoms with Crippen molar-refractivity contribution in [3.05, 3.63) is 24.3 Å². The second-order valence-corrected chi connectivity index (χ2v) is 4.93. The Hall–Kier alpha value is -0.520. The SMILES string of the molecule is C1=CC2(C=C1)CCCCCCCCC2. The Morgan fingerprint density at radius 3 is 1.50 bits per heavy atom. The first kappa shape index (κ1) is 10.0. The maximum absolute atomic E-state index is 2.44. The summed E-state index contributed by atoms with van der Waals surface area (Å²) in [6.45, 7) is 0. The summed E-state index contributed by atoms with van der Waals surface area (Å²) in [5.74, 6) is 0. The van der Waals surface area contributed by atoms with Crippen LogP contribution >= 0.6 is 0 Å². The Bertz CT molecular complexity index is 198. The average molecular weight is 190 g/mol. The first-order valence-corrected chi connectivity index (χ1v) is 6.28. The Kier molecular flexibility index (Phi) is 3.44. The summed E-state index contributed by atoms with van der Waals surface area (Å²) in [5, 5.41) is 0. The van der Waals surface area contributed by atoms with E-state index in [0.717, 1.165) is 0 Å². The van der Waals surface area contributed by atoms with Gasteiger partial charge >= 0.3 is 0 Å². The Morgan fingerprint density at radius 1 is 0.571 bits per heavy atom. The Morgan fingerprint density at radius 2 is 1.00 bits per heavy atom. The van der Waals surface area contributed by atoms with Gasteiger partial charge in [-0.2, -0.15) is 0 Å². The summed E-state index contributed by atoms with van der Waals surface area (Å²) in [6, 6.07) is 0. The molecule has 1 fully saturated rings. The summed E-state index contributed by atoms with van der Waals surface area (Å²) < 4.78 is 0. The van der Waals surface area contributed by atoms with Crippen LogP contribution in [0.1, 0.15) is 57.8 Å². The molecular formula is C14H22. The first-order chi connectivity index (χ1) is 6.91. The Balaban J connectivity index is 1.93. The molecule has 0 unspecified atom stereocenters. The lowest BCUT2D eigenvalue weighted by Crippen LogP contribution is -2.13. The van der Waals surface area contributed by atoms with E-state index >= 15 is 0 Å². The molecule has 14 heavy (non-hydrogen) atoms. The third-order valence-electron chi connectivity index (χ3n) is 3.75. The highest BCUT2D eigenvalue weighted by atomic mass is 14.3. The van der Waals surface area contributed by atoms with Crippen LogP contribution < -0.4 is 0 Å². The van der Waals surface area contributed by atoms with Gasteiger partial charge in [0.25, 0.3) is 0 Å². The van der Waals surface area contributed by atoms with Crippen molar-refractivity contribution in [3.63, 3.8) is 0 Å². The van der Waals surface area contributed by atoms with Crippen molar-refractivity contribution < 1.29 is 0 Å². The van der Waals surface area contributed by atoms with Crippen LogP contribution in [0.25, 0.3) is 0 Å². The predicted molar refractivity (Wildman–Crippen MR) is 62.3 cm³/mol. The second-order valence-electron chi connectivity index (χ2n) is 4.93. The van der Waals surface area contributed by atoms with Crippen molar-refractivity contribution in [3.8, 4) is 0 Å². The van der Waals surface area contributed by atoms with E-state index in [1.165, 1.54) is 57.8 Å². The number of rotatable bonds is 0. The molecule has 0 atom stereocenters. The monoisotopic (exact) mass is 190 g/mol. The molecule has 0 heterocycles. The lowest BCUT2D eigenvalue weighted by molar-refractivity contribution is 0.363. The van der Waals surface area contributed by atoms with Gasteiger partial charge in [-0.1, -0.05) is 69.2 Å². The molecule has 2 aliphatic rings. The van der Waals surface area contributed by atoms with Crippen molar-refractivity contribution in [2.75, 3.05) is 0 Å². The van der Waals surface area contributed by atoms with Gasteiger partial charge in [-0.25, -0.2) is 0 Å². The number of hydrogen-bond donors (Lipinski definition) is 0. The highest BCUT2D eigenvalue weighted by Crippen LogP contribution is 2.38. The average Bonchev–Trinajstić information content (AvgIpc) is 2.66. The van der Waals surface area contributed by atoms with Crippen molar-refractivity contribution in [1.29, 1.82) is 0 Å². The van der Waals surface area contributed by atoms with Crippen LogP contribution in [0.3, 0.4) is 0 Å². The molecule has 78 valence electrons. The lowest BCUT2D eigenvalue weighted by Gasteiger charge is -2.26. The first-order valence-electron chi connectivity index (χ1n) is 6.28. The van der Waals surface area contributed by atoms with E-state index < -0.39 is 0 Å². The van der Waals surface area contributed by atoms with E-state index in [2.05, 4.69) is 24.3 Å². The molecule has 2 aliphatic carbocycles. The van der Waals surface area contributed by atoms with Gasteiger partial charge in [0.1, 0.15) is 0 Å². The zero-order chi connectivity index (χ0) is 9.69. The highest BCUT2D eigenvalue weighted by Gasteiger charge is 2.24. The quantitative estimate of drug-likeness (QED) is 0.522. The molecule has 0 nitrogen and oxygen atoms in total. The normalized spacial score (nSPS) is 26.9. The molecule has 0 amide bonds. The van der Waals surface area contributed by atoms with E-state index in [-0.39, 0.29) is 0 Å². The third-order valence-corrected chi connectivity index (χ3v) is 3.75. The fourth-order valence-electron chi connectivity index (χ4n) is 2.80. The molecule has 0 saturated heterocycles. The van der Waals surface area contributed by atoms with Crippen LogP contribution in [0.4, 0.5) is 0 Å². The Labute approximate surface area is 88.1 Å². The number of hydrogen-bond acceptors (Lipinski definition) is 0. The molecule has 0 bridgehead atoms. The summed E-state index contributed by atoms with van der Waals surface area (Å²) in [4.78, 5) is 0. The predicted octanol–water partition coefficient (Wildman–Crippen LogP) is 4.62. The van der Waals surface area contributed by atoms with Crippen LogP contribution in [0, 0.1) is 5.41 Å². The summed E-state index contributed by atoms with van der Waals surface area (Å²) in [5.41, 5.74) is 0.470. The van der Waals surface area contributed by atoms with Crippen molar-refractivity contribution in [1.82, 2.24) is 0 Å². The van der Waals surface area contributed by atoms with E-state index in [4.69, 9.17) is 0 Å². The maximum Gasteiger partial charge on any atom is 0.00671 e. The fraction of sp³-hybridized carbons (Fsp3) is 0.714. The molecular weight excluding hydrogens is 168 g/mol. The van der Waals surface area contributed by atoms with Crippen LogP contribution in [0.15, 0.2) is 24.3 Å². The van der Waals surface area contributed by atoms with E-state index in [9.17, 15) is 0 Å². The van der Waals surface area contributed by atoms with Gasteiger partial charge < -0.3 is 0 Å². The summed E-state index contributed by atoms with van der Waals surface area (Å²) in [6.07, 6.45) is 22.3. The summed E-state index contributed by atoms with van der Waals surface area (Å²) in [7, 11) is 0. The maximum atomic E-state index is 2.44. The lowest BCUT2D eigenvalue weighted by atomic mass is 9.78. The van der Waals surface area contributed by atoms with Gasteiger partial charge in [0.15, 0.2) is 0 Å². The minimum Gasteiger partial charge on any atom is -0.0745 e. The van der Waals surface area contributed by atoms with E-state index in [0.29, 0.717) is 5.41 Å². The minimum absolute atomic E-state index is 0.470. The molecule has 0 N–H and O–H groups in total. The van der Waals surface area contributed by atoms with Gasteiger partial charge in [-0.05, 0) is 12.8 Å². The molecule has 2 rings (SSSR count). The van der Waals surface area contributed by atoms with Gasteiger partial charge in [-0.3, -0.25) is 0 Å². The molecule has 1 saturated carbocycles. The molecule has 0 radical (unpaired) electrons. The minimum atomic E-state index is 0.470. The van der Waals surface area contributed by atoms with Crippen LogP contribution in [-0.2, 0) is 0 Å². The summed E-state index contributed by atoms with van der Waals surface area (Å²) >= 11 is 0. The standard InChI is InChI=1S/C14H22/c1-2-4-6-10-14(11-7-5-3-1)12-8-9-13-14/h8-9,12-13H,1-7,10-11H2. The van der Waals surface area contributed by atoms with Crippen molar-refractivity contribution in [2.45, 2.75) is 57.8 Å². The second kappa shape index (κ2) is 4.82. The topological polar surface area (TPSA) is 0 Å². The zero-order valence-corrected chi connectivity index (χ0v) is 9.17. The van der Waals surface area contributed by atoms with Crippen molar-refractivity contribution >= 4 is 0 Å². The fourth-order valence-corrected chi connectivity index (χ4v) is 2.80. The highest BCUT2D eigenvalue weighted by molar-refractivity contribution is 5.24. The van der Waals surface area contributed by atoms with Crippen LogP contribution in [-0.4, -0.2) is 0 Å². The molecule has 0 heteroatoms. The molecule has 1 spiro atoms. The van der Waals surface area contributed by atoms with Gasteiger partial charge in [0.2, 0.25) is 0 Å². The van der Waals surface area contributed by atoms with Gasteiger partial charge in [0.05, 0.1) is 0 Å². The number of allylic oxidation sites excluding steroid dienone is 4.